The second kappa shape index (κ2) is 3.57. The van der Waals surface area contributed by atoms with E-state index in [1.54, 1.807) is 0 Å². The zero-order valence-electron chi connectivity index (χ0n) is 3.57. The molecule has 0 radical (unpaired) electrons. The maximum absolute atomic E-state index is 9.96. The van der Waals surface area contributed by atoms with Crippen LogP contribution in [0.2, 0.25) is 0 Å². The van der Waals surface area contributed by atoms with Crippen LogP contribution in [0.4, 0.5) is 0 Å². The van der Waals surface area contributed by atoms with Gasteiger partial charge in [-0.1, -0.05) is 0 Å². The van der Waals surface area contributed by atoms with Gasteiger partial charge in [-0.2, -0.15) is 0 Å². The number of thiol groups is 1. The van der Waals surface area contributed by atoms with Crippen molar-refractivity contribution in [2.75, 3.05) is 5.75 Å². The first-order chi connectivity index (χ1) is 3.18. The molecule has 3 nitrogen and oxygen atoms in total. The van der Waals surface area contributed by atoms with Crippen LogP contribution in [0.15, 0.2) is 0 Å². The van der Waals surface area contributed by atoms with Gasteiger partial charge >= 0.3 is 51.2 Å². The molecule has 2 unspecified atom stereocenters. The van der Waals surface area contributed by atoms with E-state index in [4.69, 9.17) is 9.92 Å². The third-order valence-electron chi connectivity index (χ3n) is 0.439. The summed E-state index contributed by atoms with van der Waals surface area (Å²) in [6.45, 7) is 0. The summed E-state index contributed by atoms with van der Waals surface area (Å²) >= 11 is 1.00. The molecule has 0 spiro atoms. The van der Waals surface area contributed by atoms with Crippen molar-refractivity contribution in [1.29, 1.82) is 0 Å². The molecule has 0 saturated heterocycles. The molecule has 0 aromatic carbocycles. The summed E-state index contributed by atoms with van der Waals surface area (Å²) in [7, 11) is 0. The van der Waals surface area contributed by atoms with Crippen molar-refractivity contribution in [3.05, 3.63) is 0 Å². The molecule has 44 valence electrons. The monoisotopic (exact) mass is 189 g/mol. The van der Waals surface area contributed by atoms with E-state index in [0.29, 0.717) is 0 Å². The van der Waals surface area contributed by atoms with E-state index < -0.39 is 19.1 Å². The molecule has 0 saturated carbocycles. The summed E-state index contributed by atoms with van der Waals surface area (Å²) in [5.74, 6) is 0.282. The molecule has 0 amide bonds. The summed E-state index contributed by atoms with van der Waals surface area (Å²) in [6.07, 6.45) is 0. The molecule has 0 aromatic heterocycles. The average Bonchev–Trinajstić information content (AvgIpc) is 1.65. The van der Waals surface area contributed by atoms with Crippen molar-refractivity contribution in [3.63, 3.8) is 0 Å². The maximum atomic E-state index is 9.96. The first-order valence-corrected chi connectivity index (χ1v) is 4.73. The van der Waals surface area contributed by atoms with Gasteiger partial charge in [-0.15, -0.1) is 0 Å². The minimum absolute atomic E-state index is 0.282. The minimum atomic E-state index is -2.70. The zero-order chi connectivity index (χ0) is 5.86. The topological polar surface area (TPSA) is 63.3 Å². The Morgan fingerprint density at radius 2 is 2.43 bits per heavy atom. The molecule has 0 bridgehead atoms. The summed E-state index contributed by atoms with van der Waals surface area (Å²) in [5.41, 5.74) is 5.03. The van der Waals surface area contributed by atoms with Crippen molar-refractivity contribution < 1.29 is 8.02 Å². The van der Waals surface area contributed by atoms with Crippen LogP contribution in [-0.2, 0) is 3.83 Å². The quantitative estimate of drug-likeness (QED) is 0.372. The van der Waals surface area contributed by atoms with Crippen LogP contribution in [0, 0.1) is 0 Å². The predicted molar refractivity (Wildman–Crippen MR) is 30.5 cm³/mol. The Labute approximate surface area is 51.7 Å². The van der Waals surface area contributed by atoms with Gasteiger partial charge < -0.3 is 0 Å². The Balaban J connectivity index is 3.34. The van der Waals surface area contributed by atoms with E-state index >= 15 is 0 Å². The molecule has 0 aliphatic heterocycles. The molecule has 0 aliphatic carbocycles. The van der Waals surface area contributed by atoms with Crippen molar-refractivity contribution in [2.24, 2.45) is 5.73 Å². The van der Waals surface area contributed by atoms with Gasteiger partial charge in [-0.25, -0.2) is 0 Å². The Morgan fingerprint density at radius 3 is 2.43 bits per heavy atom. The molecule has 2 atom stereocenters. The SMILES string of the molecule is NC(CS)[Se](=O)O. The Morgan fingerprint density at radius 1 is 2.00 bits per heavy atom. The first-order valence-electron chi connectivity index (χ1n) is 1.64. The number of hydrogen-bond acceptors (Lipinski definition) is 3. The van der Waals surface area contributed by atoms with Gasteiger partial charge in [0.15, 0.2) is 0 Å². The van der Waals surface area contributed by atoms with Crippen LogP contribution < -0.4 is 5.73 Å². The number of nitrogens with two attached hydrogens (primary N) is 1. The fourth-order valence-corrected chi connectivity index (χ4v) is 0.994. The van der Waals surface area contributed by atoms with Crippen LogP contribution in [0.1, 0.15) is 0 Å². The van der Waals surface area contributed by atoms with Gasteiger partial charge in [-0.05, 0) is 0 Å². The van der Waals surface area contributed by atoms with Gasteiger partial charge in [0, 0.05) is 0 Å². The Kier molecular flexibility index (Phi) is 3.88. The van der Waals surface area contributed by atoms with Crippen LogP contribution in [0.5, 0.6) is 0 Å². The van der Waals surface area contributed by atoms with Crippen LogP contribution in [0.25, 0.3) is 0 Å². The van der Waals surface area contributed by atoms with Gasteiger partial charge in [0.05, 0.1) is 0 Å². The van der Waals surface area contributed by atoms with Gasteiger partial charge in [0.2, 0.25) is 0 Å². The molecule has 7 heavy (non-hydrogen) atoms. The first kappa shape index (κ1) is 7.59. The van der Waals surface area contributed by atoms with Crippen LogP contribution >= 0.6 is 12.6 Å². The van der Waals surface area contributed by atoms with E-state index in [1.807, 2.05) is 0 Å². The fourth-order valence-electron chi connectivity index (χ4n) is 0.0638. The zero-order valence-corrected chi connectivity index (χ0v) is 6.18. The standard InChI is InChI=1S/C2H7NO2SSe/c3-2(1-6)7(4)5/h2,6H,1,3H2,(H,4,5). The van der Waals surface area contributed by atoms with Crippen molar-refractivity contribution in [2.45, 2.75) is 4.94 Å². The summed E-state index contributed by atoms with van der Waals surface area (Å²) in [6, 6.07) is 0. The normalized spacial score (nSPS) is 18.7. The fraction of sp³-hybridized carbons (Fsp3) is 1.00. The summed E-state index contributed by atoms with van der Waals surface area (Å²) in [5, 5.41) is 0. The van der Waals surface area contributed by atoms with Crippen LogP contribution in [-0.4, -0.2) is 29.0 Å². The molecular weight excluding hydrogens is 181 g/mol. The molecule has 0 rings (SSSR count). The third-order valence-corrected chi connectivity index (χ3v) is 2.82. The van der Waals surface area contributed by atoms with Crippen molar-refractivity contribution in [1.82, 2.24) is 0 Å². The van der Waals surface area contributed by atoms with E-state index in [-0.39, 0.29) is 5.75 Å². The van der Waals surface area contributed by atoms with E-state index in [1.165, 1.54) is 0 Å². The molecule has 0 aliphatic rings. The molecule has 0 heterocycles. The van der Waals surface area contributed by atoms with Gasteiger partial charge in [-0.3, -0.25) is 0 Å². The Hall–Kier alpha value is 0.589. The Bertz CT molecular complexity index is 78.1. The average molecular weight is 188 g/mol. The molecule has 0 fully saturated rings. The van der Waals surface area contributed by atoms with E-state index in [2.05, 4.69) is 12.6 Å². The second-order valence-electron chi connectivity index (χ2n) is 0.997. The molecular formula is C2H7NO2SSe. The number of hydrogen-bond donors (Lipinski definition) is 3. The molecule has 5 heteroatoms. The molecule has 0 aromatic rings. The third kappa shape index (κ3) is 3.20. The van der Waals surface area contributed by atoms with Crippen molar-refractivity contribution >= 4 is 26.8 Å². The van der Waals surface area contributed by atoms with Crippen LogP contribution in [0.3, 0.4) is 0 Å². The molecule has 3 N–H and O–H groups in total. The summed E-state index contributed by atoms with van der Waals surface area (Å²) in [4.78, 5) is -0.608. The van der Waals surface area contributed by atoms with E-state index in [0.717, 1.165) is 0 Å². The summed E-state index contributed by atoms with van der Waals surface area (Å²) < 4.78 is 18.2. The van der Waals surface area contributed by atoms with Gasteiger partial charge in [0.25, 0.3) is 0 Å². The van der Waals surface area contributed by atoms with Gasteiger partial charge in [0.1, 0.15) is 0 Å². The predicted octanol–water partition coefficient (Wildman–Crippen LogP) is -1.31. The van der Waals surface area contributed by atoms with E-state index in [9.17, 15) is 3.83 Å². The second-order valence-corrected chi connectivity index (χ2v) is 3.79. The van der Waals surface area contributed by atoms with Crippen molar-refractivity contribution in [3.8, 4) is 0 Å². The number of rotatable bonds is 2.